The molecular weight excluding hydrogens is 354 g/mol. The summed E-state index contributed by atoms with van der Waals surface area (Å²) in [4.78, 5) is 47.3. The Bertz CT molecular complexity index is 896. The van der Waals surface area contributed by atoms with Crippen LogP contribution >= 0.6 is 11.8 Å². The number of imidazole rings is 1. The predicted molar refractivity (Wildman–Crippen MR) is 96.6 cm³/mol. The van der Waals surface area contributed by atoms with Gasteiger partial charge in [0, 0.05) is 13.1 Å². The molecule has 2 saturated heterocycles. The molecule has 26 heavy (non-hydrogen) atoms. The van der Waals surface area contributed by atoms with Crippen LogP contribution in [0.15, 0.2) is 23.4 Å². The Morgan fingerprint density at radius 3 is 3.04 bits per heavy atom. The topological polar surface area (TPSA) is 98.4 Å². The van der Waals surface area contributed by atoms with Gasteiger partial charge in [-0.3, -0.25) is 14.4 Å². The standard InChI is InChI=1S/C17H19N5O3S/c1-10-2-3-11-12(6-10)20-17(19-11)26-9-15(24)21-4-5-22-13(8-21)16(25)18-7-14(22)23/h2-3,6,13H,4-5,7-9H2,1H3,(H,18,25)(H,19,20)/t13-/m1/s1. The molecule has 0 aliphatic carbocycles. The van der Waals surface area contributed by atoms with E-state index in [-0.39, 0.29) is 36.6 Å². The second kappa shape index (κ2) is 6.64. The lowest BCUT2D eigenvalue weighted by molar-refractivity contribution is -0.151. The molecule has 8 nitrogen and oxygen atoms in total. The summed E-state index contributed by atoms with van der Waals surface area (Å²) in [6.07, 6.45) is 0. The third-order valence-corrected chi connectivity index (χ3v) is 5.58. The highest BCUT2D eigenvalue weighted by atomic mass is 32.2. The number of carbonyl (C=O) groups is 3. The van der Waals surface area contributed by atoms with E-state index in [1.165, 1.54) is 11.8 Å². The Balaban J connectivity index is 1.38. The number of amides is 3. The minimum Gasteiger partial charge on any atom is -0.345 e. The van der Waals surface area contributed by atoms with Crippen molar-refractivity contribution in [3.63, 3.8) is 0 Å². The molecule has 1 aromatic heterocycles. The number of aryl methyl sites for hydroxylation is 1. The van der Waals surface area contributed by atoms with Crippen molar-refractivity contribution in [3.8, 4) is 0 Å². The largest absolute Gasteiger partial charge is 0.345 e. The van der Waals surface area contributed by atoms with Crippen LogP contribution in [0.25, 0.3) is 11.0 Å². The number of thioether (sulfide) groups is 1. The number of carbonyl (C=O) groups excluding carboxylic acids is 3. The predicted octanol–water partition coefficient (Wildman–Crippen LogP) is 0.133. The summed E-state index contributed by atoms with van der Waals surface area (Å²) in [5, 5.41) is 3.28. The molecule has 2 fully saturated rings. The quantitative estimate of drug-likeness (QED) is 0.746. The molecule has 0 spiro atoms. The van der Waals surface area contributed by atoms with Gasteiger partial charge in [0.1, 0.15) is 6.04 Å². The van der Waals surface area contributed by atoms with E-state index in [1.807, 2.05) is 25.1 Å². The highest BCUT2D eigenvalue weighted by molar-refractivity contribution is 7.99. The maximum Gasteiger partial charge on any atom is 0.245 e. The van der Waals surface area contributed by atoms with Crippen LogP contribution in [-0.2, 0) is 14.4 Å². The van der Waals surface area contributed by atoms with Crippen LogP contribution < -0.4 is 5.32 Å². The van der Waals surface area contributed by atoms with Crippen LogP contribution in [-0.4, -0.2) is 75.5 Å². The Morgan fingerprint density at radius 2 is 2.19 bits per heavy atom. The lowest BCUT2D eigenvalue weighted by atomic mass is 10.1. The van der Waals surface area contributed by atoms with Crippen LogP contribution in [0, 0.1) is 6.92 Å². The number of hydrogen-bond acceptors (Lipinski definition) is 5. The monoisotopic (exact) mass is 373 g/mol. The molecule has 1 atom stereocenters. The van der Waals surface area contributed by atoms with Gasteiger partial charge in [-0.15, -0.1) is 0 Å². The summed E-state index contributed by atoms with van der Waals surface area (Å²) in [6.45, 7) is 3.16. The molecule has 136 valence electrons. The first-order chi connectivity index (χ1) is 12.5. The summed E-state index contributed by atoms with van der Waals surface area (Å²) in [5.41, 5.74) is 2.97. The molecule has 3 amide bonds. The second-order valence-electron chi connectivity index (χ2n) is 6.51. The van der Waals surface area contributed by atoms with Gasteiger partial charge in [-0.05, 0) is 24.6 Å². The van der Waals surface area contributed by atoms with Crippen molar-refractivity contribution in [2.75, 3.05) is 31.9 Å². The van der Waals surface area contributed by atoms with E-state index in [2.05, 4.69) is 15.3 Å². The van der Waals surface area contributed by atoms with E-state index in [4.69, 9.17) is 0 Å². The first-order valence-corrected chi connectivity index (χ1v) is 9.44. The maximum absolute atomic E-state index is 12.5. The average molecular weight is 373 g/mol. The van der Waals surface area contributed by atoms with Crippen LogP contribution in [0.3, 0.4) is 0 Å². The SMILES string of the molecule is Cc1ccc2nc(SCC(=O)N3CCN4C(=O)CNC(=O)[C@H]4C3)[nH]c2c1. The van der Waals surface area contributed by atoms with E-state index < -0.39 is 6.04 Å². The fourth-order valence-corrected chi connectivity index (χ4v) is 4.09. The van der Waals surface area contributed by atoms with E-state index >= 15 is 0 Å². The molecule has 9 heteroatoms. The summed E-state index contributed by atoms with van der Waals surface area (Å²) < 4.78 is 0. The van der Waals surface area contributed by atoms with E-state index in [0.717, 1.165) is 16.6 Å². The molecule has 1 aromatic carbocycles. The molecule has 0 radical (unpaired) electrons. The third-order valence-electron chi connectivity index (χ3n) is 4.72. The van der Waals surface area contributed by atoms with Crippen molar-refractivity contribution in [3.05, 3.63) is 23.8 Å². The molecule has 0 saturated carbocycles. The zero-order chi connectivity index (χ0) is 18.3. The van der Waals surface area contributed by atoms with E-state index in [1.54, 1.807) is 9.80 Å². The highest BCUT2D eigenvalue weighted by Crippen LogP contribution is 2.21. The van der Waals surface area contributed by atoms with Gasteiger partial charge in [-0.25, -0.2) is 4.98 Å². The number of rotatable bonds is 3. The van der Waals surface area contributed by atoms with Crippen molar-refractivity contribution in [2.24, 2.45) is 0 Å². The Hall–Kier alpha value is -2.55. The minimum atomic E-state index is -0.576. The number of aromatic nitrogens is 2. The lowest BCUT2D eigenvalue weighted by Gasteiger charge is -2.42. The fraction of sp³-hybridized carbons (Fsp3) is 0.412. The normalized spacial score (nSPS) is 20.3. The van der Waals surface area contributed by atoms with Crippen molar-refractivity contribution in [1.29, 1.82) is 0 Å². The summed E-state index contributed by atoms with van der Waals surface area (Å²) in [5.74, 6) is -0.102. The van der Waals surface area contributed by atoms with Gasteiger partial charge in [0.15, 0.2) is 5.16 Å². The van der Waals surface area contributed by atoms with Gasteiger partial charge >= 0.3 is 0 Å². The first-order valence-electron chi connectivity index (χ1n) is 8.45. The number of nitrogens with one attached hydrogen (secondary N) is 2. The molecule has 4 rings (SSSR count). The Labute approximate surface area is 154 Å². The number of aromatic amines is 1. The van der Waals surface area contributed by atoms with E-state index in [0.29, 0.717) is 18.2 Å². The molecular formula is C17H19N5O3S. The van der Waals surface area contributed by atoms with Gasteiger partial charge in [0.25, 0.3) is 0 Å². The fourth-order valence-electron chi connectivity index (χ4n) is 3.30. The lowest BCUT2D eigenvalue weighted by Crippen LogP contribution is -2.66. The zero-order valence-corrected chi connectivity index (χ0v) is 15.1. The zero-order valence-electron chi connectivity index (χ0n) is 14.3. The smallest absolute Gasteiger partial charge is 0.245 e. The van der Waals surface area contributed by atoms with Gasteiger partial charge in [-0.1, -0.05) is 17.8 Å². The van der Waals surface area contributed by atoms with Crippen molar-refractivity contribution in [1.82, 2.24) is 25.1 Å². The van der Waals surface area contributed by atoms with Crippen molar-refractivity contribution in [2.45, 2.75) is 18.1 Å². The minimum absolute atomic E-state index is 0.0463. The second-order valence-corrected chi connectivity index (χ2v) is 7.48. The number of fused-ring (bicyclic) bond motifs is 2. The third kappa shape index (κ3) is 3.14. The summed E-state index contributed by atoms with van der Waals surface area (Å²) >= 11 is 1.35. The molecule has 2 N–H and O–H groups in total. The van der Waals surface area contributed by atoms with Crippen molar-refractivity contribution < 1.29 is 14.4 Å². The first kappa shape index (κ1) is 16.9. The highest BCUT2D eigenvalue weighted by Gasteiger charge is 2.39. The molecule has 2 aromatic rings. The number of nitrogens with zero attached hydrogens (tertiary/aromatic N) is 3. The maximum atomic E-state index is 12.5. The van der Waals surface area contributed by atoms with Gasteiger partial charge in [-0.2, -0.15) is 0 Å². The Morgan fingerprint density at radius 1 is 1.35 bits per heavy atom. The summed E-state index contributed by atoms with van der Waals surface area (Å²) in [6, 6.07) is 5.39. The number of piperazine rings is 2. The van der Waals surface area contributed by atoms with Crippen LogP contribution in [0.1, 0.15) is 5.56 Å². The van der Waals surface area contributed by atoms with Crippen molar-refractivity contribution >= 4 is 40.5 Å². The molecule has 0 unspecified atom stereocenters. The van der Waals surface area contributed by atoms with Crippen LogP contribution in [0.5, 0.6) is 0 Å². The van der Waals surface area contributed by atoms with Crippen LogP contribution in [0.2, 0.25) is 0 Å². The molecule has 3 heterocycles. The van der Waals surface area contributed by atoms with Crippen LogP contribution in [0.4, 0.5) is 0 Å². The van der Waals surface area contributed by atoms with Gasteiger partial charge < -0.3 is 20.1 Å². The van der Waals surface area contributed by atoms with Gasteiger partial charge in [0.05, 0.1) is 29.9 Å². The Kier molecular flexibility index (Phi) is 4.31. The number of benzene rings is 1. The molecule has 2 aliphatic rings. The molecule has 2 aliphatic heterocycles. The van der Waals surface area contributed by atoms with Gasteiger partial charge in [0.2, 0.25) is 17.7 Å². The van der Waals surface area contributed by atoms with E-state index in [9.17, 15) is 14.4 Å². The number of H-pyrrole nitrogens is 1. The molecule has 0 bridgehead atoms. The summed E-state index contributed by atoms with van der Waals surface area (Å²) in [7, 11) is 0. The average Bonchev–Trinajstić information content (AvgIpc) is 3.04. The number of hydrogen-bond donors (Lipinski definition) is 2.